The summed E-state index contributed by atoms with van der Waals surface area (Å²) in [5, 5.41) is 3.68. The third-order valence-electron chi connectivity index (χ3n) is 3.97. The average molecular weight is 263 g/mol. The molecule has 19 heavy (non-hydrogen) atoms. The molecule has 1 aliphatic rings. The van der Waals surface area contributed by atoms with Gasteiger partial charge in [-0.05, 0) is 44.2 Å². The Labute approximate surface area is 116 Å². The van der Waals surface area contributed by atoms with E-state index in [0.717, 1.165) is 17.9 Å². The van der Waals surface area contributed by atoms with Gasteiger partial charge in [-0.25, -0.2) is 0 Å². The number of nitrogens with one attached hydrogen (secondary N) is 1. The first kappa shape index (κ1) is 14.2. The van der Waals surface area contributed by atoms with Crippen LogP contribution in [0.1, 0.15) is 38.2 Å². The zero-order valence-corrected chi connectivity index (χ0v) is 12.2. The van der Waals surface area contributed by atoms with Crippen LogP contribution in [0.15, 0.2) is 18.2 Å². The molecule has 0 spiro atoms. The Kier molecular flexibility index (Phi) is 5.08. The van der Waals surface area contributed by atoms with E-state index in [4.69, 9.17) is 9.47 Å². The average Bonchev–Trinajstić information content (AvgIpc) is 2.45. The molecule has 106 valence electrons. The largest absolute Gasteiger partial charge is 0.497 e. The first-order valence-electron chi connectivity index (χ1n) is 7.20. The maximum absolute atomic E-state index is 5.45. The first-order valence-corrected chi connectivity index (χ1v) is 7.20. The molecule has 1 heterocycles. The SMILES string of the molecule is COc1ccc(CCC2CCCC(C)N2)c(OC)c1. The lowest BCUT2D eigenvalue weighted by molar-refractivity contribution is 0.320. The smallest absolute Gasteiger partial charge is 0.125 e. The molecule has 0 saturated carbocycles. The second-order valence-corrected chi connectivity index (χ2v) is 5.41. The van der Waals surface area contributed by atoms with Gasteiger partial charge in [-0.15, -0.1) is 0 Å². The van der Waals surface area contributed by atoms with Crippen LogP contribution < -0.4 is 14.8 Å². The van der Waals surface area contributed by atoms with E-state index in [0.29, 0.717) is 12.1 Å². The molecule has 1 fully saturated rings. The number of piperidine rings is 1. The molecule has 2 rings (SSSR count). The summed E-state index contributed by atoms with van der Waals surface area (Å²) in [5.41, 5.74) is 1.27. The third-order valence-corrected chi connectivity index (χ3v) is 3.97. The first-order chi connectivity index (χ1) is 9.22. The van der Waals surface area contributed by atoms with Crippen LogP contribution in [0, 0.1) is 0 Å². The summed E-state index contributed by atoms with van der Waals surface area (Å²) < 4.78 is 10.7. The van der Waals surface area contributed by atoms with Gasteiger partial charge >= 0.3 is 0 Å². The second-order valence-electron chi connectivity index (χ2n) is 5.41. The number of rotatable bonds is 5. The lowest BCUT2D eigenvalue weighted by Gasteiger charge is -2.29. The molecule has 0 aromatic heterocycles. The van der Waals surface area contributed by atoms with Gasteiger partial charge in [-0.3, -0.25) is 0 Å². The van der Waals surface area contributed by atoms with Gasteiger partial charge in [-0.2, -0.15) is 0 Å². The standard InChI is InChI=1S/C16H25NO2/c1-12-5-4-6-14(17-12)9-7-13-8-10-15(18-2)11-16(13)19-3/h8,10-12,14,17H,4-7,9H2,1-3H3. The lowest BCUT2D eigenvalue weighted by atomic mass is 9.94. The van der Waals surface area contributed by atoms with Crippen molar-refractivity contribution in [3.63, 3.8) is 0 Å². The lowest BCUT2D eigenvalue weighted by Crippen LogP contribution is -2.40. The van der Waals surface area contributed by atoms with E-state index in [2.05, 4.69) is 18.3 Å². The van der Waals surface area contributed by atoms with E-state index < -0.39 is 0 Å². The summed E-state index contributed by atoms with van der Waals surface area (Å²) >= 11 is 0. The van der Waals surface area contributed by atoms with Crippen molar-refractivity contribution in [2.75, 3.05) is 14.2 Å². The van der Waals surface area contributed by atoms with E-state index in [9.17, 15) is 0 Å². The molecular formula is C16H25NO2. The van der Waals surface area contributed by atoms with Crippen LogP contribution in [-0.2, 0) is 6.42 Å². The summed E-state index contributed by atoms with van der Waals surface area (Å²) in [4.78, 5) is 0. The molecule has 0 bridgehead atoms. The van der Waals surface area contributed by atoms with Crippen molar-refractivity contribution in [3.05, 3.63) is 23.8 Å². The van der Waals surface area contributed by atoms with Gasteiger partial charge < -0.3 is 14.8 Å². The van der Waals surface area contributed by atoms with Gasteiger partial charge in [0.1, 0.15) is 11.5 Å². The van der Waals surface area contributed by atoms with Gasteiger partial charge in [0.15, 0.2) is 0 Å². The highest BCUT2D eigenvalue weighted by Crippen LogP contribution is 2.26. The zero-order valence-electron chi connectivity index (χ0n) is 12.2. The fourth-order valence-corrected chi connectivity index (χ4v) is 2.86. The Morgan fingerprint density at radius 1 is 1.21 bits per heavy atom. The normalized spacial score (nSPS) is 23.1. The maximum Gasteiger partial charge on any atom is 0.125 e. The van der Waals surface area contributed by atoms with Crippen molar-refractivity contribution in [3.8, 4) is 11.5 Å². The second kappa shape index (κ2) is 6.80. The van der Waals surface area contributed by atoms with Crippen molar-refractivity contribution < 1.29 is 9.47 Å². The van der Waals surface area contributed by atoms with E-state index in [-0.39, 0.29) is 0 Å². The third kappa shape index (κ3) is 3.87. The summed E-state index contributed by atoms with van der Waals surface area (Å²) in [6.07, 6.45) is 6.17. The van der Waals surface area contributed by atoms with Crippen molar-refractivity contribution in [2.24, 2.45) is 0 Å². The Bertz CT molecular complexity index is 406. The van der Waals surface area contributed by atoms with Crippen molar-refractivity contribution in [2.45, 2.75) is 51.1 Å². The highest BCUT2D eigenvalue weighted by atomic mass is 16.5. The van der Waals surface area contributed by atoms with Crippen molar-refractivity contribution in [1.29, 1.82) is 0 Å². The van der Waals surface area contributed by atoms with Gasteiger partial charge in [0.05, 0.1) is 14.2 Å². The molecule has 2 atom stereocenters. The van der Waals surface area contributed by atoms with Gasteiger partial charge in [-0.1, -0.05) is 12.5 Å². The highest BCUT2D eigenvalue weighted by molar-refractivity contribution is 5.40. The number of hydrogen-bond donors (Lipinski definition) is 1. The summed E-state index contributed by atoms with van der Waals surface area (Å²) in [6, 6.07) is 7.40. The Balaban J connectivity index is 1.95. The fraction of sp³-hybridized carbons (Fsp3) is 0.625. The van der Waals surface area contributed by atoms with E-state index in [1.807, 2.05) is 12.1 Å². The van der Waals surface area contributed by atoms with Crippen LogP contribution >= 0.6 is 0 Å². The molecule has 1 aromatic carbocycles. The number of benzene rings is 1. The van der Waals surface area contributed by atoms with Crippen LogP contribution in [0.3, 0.4) is 0 Å². The van der Waals surface area contributed by atoms with Crippen LogP contribution in [0.5, 0.6) is 11.5 Å². The molecule has 0 amide bonds. The van der Waals surface area contributed by atoms with Gasteiger partial charge in [0.25, 0.3) is 0 Å². The van der Waals surface area contributed by atoms with Gasteiger partial charge in [0, 0.05) is 18.2 Å². The Hall–Kier alpha value is -1.22. The summed E-state index contributed by atoms with van der Waals surface area (Å²) in [5.74, 6) is 1.79. The fourth-order valence-electron chi connectivity index (χ4n) is 2.86. The van der Waals surface area contributed by atoms with E-state index in [1.165, 1.54) is 31.2 Å². The molecule has 0 radical (unpaired) electrons. The van der Waals surface area contributed by atoms with Crippen LogP contribution in [0.2, 0.25) is 0 Å². The zero-order chi connectivity index (χ0) is 13.7. The minimum absolute atomic E-state index is 0.649. The van der Waals surface area contributed by atoms with Crippen molar-refractivity contribution in [1.82, 2.24) is 5.32 Å². The predicted molar refractivity (Wildman–Crippen MR) is 78.1 cm³/mol. The topological polar surface area (TPSA) is 30.5 Å². The highest BCUT2D eigenvalue weighted by Gasteiger charge is 2.18. The van der Waals surface area contributed by atoms with Crippen LogP contribution in [0.4, 0.5) is 0 Å². The maximum atomic E-state index is 5.45. The summed E-state index contributed by atoms with van der Waals surface area (Å²) in [6.45, 7) is 2.28. The van der Waals surface area contributed by atoms with Crippen LogP contribution in [0.25, 0.3) is 0 Å². The molecule has 0 aliphatic carbocycles. The van der Waals surface area contributed by atoms with Gasteiger partial charge in [0.2, 0.25) is 0 Å². The number of hydrogen-bond acceptors (Lipinski definition) is 3. The monoisotopic (exact) mass is 263 g/mol. The molecule has 2 unspecified atom stereocenters. The molecule has 1 saturated heterocycles. The quantitative estimate of drug-likeness (QED) is 0.885. The summed E-state index contributed by atoms with van der Waals surface area (Å²) in [7, 11) is 3.40. The number of methoxy groups -OCH3 is 2. The van der Waals surface area contributed by atoms with E-state index in [1.54, 1.807) is 14.2 Å². The van der Waals surface area contributed by atoms with Crippen molar-refractivity contribution >= 4 is 0 Å². The molecular weight excluding hydrogens is 238 g/mol. The van der Waals surface area contributed by atoms with E-state index >= 15 is 0 Å². The Morgan fingerprint density at radius 3 is 2.74 bits per heavy atom. The minimum Gasteiger partial charge on any atom is -0.497 e. The Morgan fingerprint density at radius 2 is 2.05 bits per heavy atom. The molecule has 1 aromatic rings. The molecule has 1 N–H and O–H groups in total. The number of ether oxygens (including phenoxy) is 2. The van der Waals surface area contributed by atoms with Crippen LogP contribution in [-0.4, -0.2) is 26.3 Å². The molecule has 3 heteroatoms. The predicted octanol–water partition coefficient (Wildman–Crippen LogP) is 3.17. The molecule has 3 nitrogen and oxygen atoms in total. The molecule has 1 aliphatic heterocycles. The number of aryl methyl sites for hydroxylation is 1. The minimum atomic E-state index is 0.649.